The number of aliphatic hydroxyl groups excluding tert-OH is 1. The Kier molecular flexibility index (Phi) is 8.62. The highest BCUT2D eigenvalue weighted by Gasteiger charge is 2.29. The van der Waals surface area contributed by atoms with E-state index in [0.29, 0.717) is 35.2 Å². The third-order valence-corrected chi connectivity index (χ3v) is 8.98. The number of piperidine rings is 2. The summed E-state index contributed by atoms with van der Waals surface area (Å²) in [4.78, 5) is 20.9. The molecule has 3 atom stereocenters. The lowest BCUT2D eigenvalue weighted by Gasteiger charge is -2.41. The molecule has 2 aliphatic rings. The Balaban J connectivity index is 0.992. The second kappa shape index (κ2) is 12.6. The number of hydrogen-bond acceptors (Lipinski definition) is 7. The molecule has 0 saturated carbocycles. The largest absolute Gasteiger partial charge is 0.488 e. The number of fused-ring (bicyclic) bond motifs is 2. The number of aromatic nitrogens is 1. The van der Waals surface area contributed by atoms with Crippen LogP contribution in [0.5, 0.6) is 11.6 Å². The molecule has 2 aromatic carbocycles. The number of halogens is 1. The second-order valence-corrected chi connectivity index (χ2v) is 12.3. The van der Waals surface area contributed by atoms with Crippen LogP contribution >= 0.6 is 11.6 Å². The molecule has 3 N–H and O–H groups in total. The van der Waals surface area contributed by atoms with Crippen LogP contribution < -0.4 is 14.8 Å². The molecule has 0 spiro atoms. The summed E-state index contributed by atoms with van der Waals surface area (Å²) in [6.45, 7) is 9.50. The predicted octanol–water partition coefficient (Wildman–Crippen LogP) is 5.79. The van der Waals surface area contributed by atoms with E-state index in [1.165, 1.54) is 0 Å². The normalized spacial score (nSPS) is 21.5. The highest BCUT2D eigenvalue weighted by atomic mass is 35.5. The number of furan rings is 1. The van der Waals surface area contributed by atoms with Gasteiger partial charge in [-0.25, -0.2) is 4.79 Å². The van der Waals surface area contributed by atoms with Crippen molar-refractivity contribution < 1.29 is 23.8 Å². The number of aliphatic hydroxyl groups is 1. The van der Waals surface area contributed by atoms with Gasteiger partial charge in [-0.1, -0.05) is 24.6 Å². The number of carbonyl (C=O) groups excluding carboxylic acids is 1. The summed E-state index contributed by atoms with van der Waals surface area (Å²) >= 11 is 6.16. The maximum Gasteiger partial charge on any atom is 0.414 e. The van der Waals surface area contributed by atoms with E-state index in [-0.39, 0.29) is 12.1 Å². The number of rotatable bonds is 8. The number of ether oxygens (including phenoxy) is 2. The molecule has 0 unspecified atom stereocenters. The van der Waals surface area contributed by atoms with Gasteiger partial charge in [-0.3, -0.25) is 4.90 Å². The van der Waals surface area contributed by atoms with E-state index in [1.54, 1.807) is 18.4 Å². The van der Waals surface area contributed by atoms with Crippen molar-refractivity contribution in [2.24, 2.45) is 5.92 Å². The van der Waals surface area contributed by atoms with Crippen LogP contribution in [0.4, 0.5) is 4.79 Å². The number of H-pyrrole nitrogens is 1. The highest BCUT2D eigenvalue weighted by Crippen LogP contribution is 2.31. The molecule has 2 aromatic heterocycles. The minimum Gasteiger partial charge on any atom is -0.488 e. The van der Waals surface area contributed by atoms with E-state index in [1.807, 2.05) is 30.3 Å². The third kappa shape index (κ3) is 6.54. The zero-order chi connectivity index (χ0) is 29.2. The van der Waals surface area contributed by atoms with Gasteiger partial charge in [0.15, 0.2) is 0 Å². The molecule has 224 valence electrons. The van der Waals surface area contributed by atoms with Gasteiger partial charge in [0.1, 0.15) is 17.9 Å². The second-order valence-electron chi connectivity index (χ2n) is 11.8. The number of aromatic amines is 1. The number of amides is 1. The third-order valence-electron chi connectivity index (χ3n) is 8.75. The fourth-order valence-corrected chi connectivity index (χ4v) is 6.39. The quantitative estimate of drug-likeness (QED) is 0.237. The van der Waals surface area contributed by atoms with Gasteiger partial charge in [0.2, 0.25) is 5.88 Å². The fraction of sp³-hybridized carbons (Fsp3) is 0.469. The van der Waals surface area contributed by atoms with Gasteiger partial charge in [-0.15, -0.1) is 0 Å². The first kappa shape index (κ1) is 28.9. The first-order chi connectivity index (χ1) is 20.3. The van der Waals surface area contributed by atoms with Gasteiger partial charge in [0, 0.05) is 72.2 Å². The molecular formula is C32H39ClN4O5. The van der Waals surface area contributed by atoms with Crippen molar-refractivity contribution in [3.8, 4) is 11.6 Å². The van der Waals surface area contributed by atoms with Crippen molar-refractivity contribution in [2.75, 3.05) is 32.7 Å². The molecule has 0 bridgehead atoms. The molecule has 6 rings (SSSR count). The fourth-order valence-electron chi connectivity index (χ4n) is 6.21. The lowest BCUT2D eigenvalue weighted by Crippen LogP contribution is -2.52. The Labute approximate surface area is 250 Å². The highest BCUT2D eigenvalue weighted by molar-refractivity contribution is 6.31. The lowest BCUT2D eigenvalue weighted by molar-refractivity contribution is 0.0116. The lowest BCUT2D eigenvalue weighted by atomic mass is 9.95. The van der Waals surface area contributed by atoms with E-state index in [4.69, 9.17) is 25.5 Å². The summed E-state index contributed by atoms with van der Waals surface area (Å²) < 4.78 is 17.4. The zero-order valence-electron chi connectivity index (χ0n) is 24.1. The predicted molar refractivity (Wildman–Crippen MR) is 163 cm³/mol. The summed E-state index contributed by atoms with van der Waals surface area (Å²) in [6.07, 6.45) is 3.67. The Morgan fingerprint density at radius 1 is 1.17 bits per heavy atom. The average molecular weight is 595 g/mol. The van der Waals surface area contributed by atoms with Crippen molar-refractivity contribution in [3.63, 3.8) is 0 Å². The summed E-state index contributed by atoms with van der Waals surface area (Å²) in [7, 11) is 0. The smallest absolute Gasteiger partial charge is 0.414 e. The van der Waals surface area contributed by atoms with Gasteiger partial charge < -0.3 is 34.2 Å². The van der Waals surface area contributed by atoms with E-state index in [0.717, 1.165) is 79.4 Å². The first-order valence-corrected chi connectivity index (χ1v) is 15.2. The Morgan fingerprint density at radius 2 is 2.00 bits per heavy atom. The Bertz CT molecular complexity index is 1530. The average Bonchev–Trinajstić information content (AvgIpc) is 3.57. The maximum absolute atomic E-state index is 12.8. The molecule has 1 amide bonds. The van der Waals surface area contributed by atoms with Crippen molar-refractivity contribution >= 4 is 39.6 Å². The van der Waals surface area contributed by atoms with Crippen molar-refractivity contribution in [2.45, 2.75) is 57.9 Å². The molecule has 2 fully saturated rings. The van der Waals surface area contributed by atoms with Gasteiger partial charge in [-0.05, 0) is 62.4 Å². The van der Waals surface area contributed by atoms with Crippen molar-refractivity contribution in [1.29, 1.82) is 0 Å². The summed E-state index contributed by atoms with van der Waals surface area (Å²) in [6, 6.07) is 13.5. The van der Waals surface area contributed by atoms with Crippen molar-refractivity contribution in [3.05, 3.63) is 59.3 Å². The van der Waals surface area contributed by atoms with Crippen LogP contribution in [0.15, 0.2) is 53.1 Å². The van der Waals surface area contributed by atoms with Crippen LogP contribution in [-0.2, 0) is 6.61 Å². The topological polar surface area (TPSA) is 103 Å². The molecular weight excluding hydrogens is 556 g/mol. The molecule has 2 saturated heterocycles. The van der Waals surface area contributed by atoms with Gasteiger partial charge >= 0.3 is 6.09 Å². The summed E-state index contributed by atoms with van der Waals surface area (Å²) in [5.74, 6) is 1.36. The van der Waals surface area contributed by atoms with E-state index in [9.17, 15) is 9.90 Å². The van der Waals surface area contributed by atoms with Crippen LogP contribution in [0.1, 0.15) is 38.7 Å². The van der Waals surface area contributed by atoms with Crippen LogP contribution in [-0.4, -0.2) is 76.9 Å². The summed E-state index contributed by atoms with van der Waals surface area (Å²) in [5.41, 5.74) is 2.47. The SMILES string of the molecule is C[C@H]1CN([C@@H](C)CN2CCC(NC(=O)Oc3cc4c(OCc5coc6ccc(Cl)cc56)cccc4[nH]3)CC2)CC[C@@H]1O. The van der Waals surface area contributed by atoms with Gasteiger partial charge in [-0.2, -0.15) is 0 Å². The molecule has 4 heterocycles. The van der Waals surface area contributed by atoms with Crippen LogP contribution in [0.25, 0.3) is 21.9 Å². The standard InChI is InChI=1S/C32H39ClN4O5/c1-20-16-37(13-10-28(20)38)21(2)17-36-11-8-24(9-12-36)34-32(39)42-31-15-26-27(35-31)4-3-5-29(26)40-18-22-19-41-30-7-6-23(33)14-25(22)30/h3-7,14-15,19-21,24,28,35,38H,8-13,16-18H2,1-2H3,(H,34,39)/t20-,21-,28-/m0/s1. The van der Waals surface area contributed by atoms with E-state index >= 15 is 0 Å². The Morgan fingerprint density at radius 3 is 2.81 bits per heavy atom. The molecule has 2 aliphatic heterocycles. The Hall–Kier alpha value is -3.24. The molecule has 10 heteroatoms. The molecule has 0 radical (unpaired) electrons. The molecule has 42 heavy (non-hydrogen) atoms. The minimum atomic E-state index is -0.460. The number of benzene rings is 2. The molecule has 9 nitrogen and oxygen atoms in total. The number of hydrogen-bond donors (Lipinski definition) is 3. The summed E-state index contributed by atoms with van der Waals surface area (Å²) in [5, 5.41) is 15.5. The van der Waals surface area contributed by atoms with Crippen molar-refractivity contribution in [1.82, 2.24) is 20.1 Å². The van der Waals surface area contributed by atoms with Gasteiger partial charge in [0.05, 0.1) is 17.9 Å². The maximum atomic E-state index is 12.8. The first-order valence-electron chi connectivity index (χ1n) is 14.9. The number of nitrogens with one attached hydrogen (secondary N) is 2. The van der Waals surface area contributed by atoms with Crippen LogP contribution in [0.3, 0.4) is 0 Å². The molecule has 4 aromatic rings. The van der Waals surface area contributed by atoms with E-state index < -0.39 is 6.09 Å². The van der Waals surface area contributed by atoms with Gasteiger partial charge in [0.25, 0.3) is 0 Å². The number of nitrogens with zero attached hydrogens (tertiary/aromatic N) is 2. The van der Waals surface area contributed by atoms with Crippen LogP contribution in [0, 0.1) is 5.92 Å². The van der Waals surface area contributed by atoms with E-state index in [2.05, 4.69) is 33.9 Å². The zero-order valence-corrected chi connectivity index (χ0v) is 24.9. The number of carbonyl (C=O) groups is 1. The molecule has 0 aliphatic carbocycles. The van der Waals surface area contributed by atoms with Crippen LogP contribution in [0.2, 0.25) is 5.02 Å². The minimum absolute atomic E-state index is 0.0794. The number of likely N-dealkylation sites (tertiary alicyclic amines) is 2. The monoisotopic (exact) mass is 594 g/mol.